The minimum atomic E-state index is -0.0905. The van der Waals surface area contributed by atoms with Crippen LogP contribution in [0.5, 0.6) is 0 Å². The Morgan fingerprint density at radius 1 is 1.37 bits per heavy atom. The van der Waals surface area contributed by atoms with Gasteiger partial charge in [-0.1, -0.05) is 35.2 Å². The van der Waals surface area contributed by atoms with Crippen LogP contribution < -0.4 is 0 Å². The van der Waals surface area contributed by atoms with Crippen molar-refractivity contribution in [2.45, 2.75) is 25.7 Å². The first-order valence-electron chi connectivity index (χ1n) is 6.28. The molecular formula is C15H15Cl2NO. The van der Waals surface area contributed by atoms with Crippen LogP contribution in [0.1, 0.15) is 31.2 Å². The van der Waals surface area contributed by atoms with E-state index in [4.69, 9.17) is 23.2 Å². The molecule has 0 N–H and O–H groups in total. The molecule has 1 unspecified atom stereocenters. The lowest BCUT2D eigenvalue weighted by molar-refractivity contribution is -0.126. The van der Waals surface area contributed by atoms with Crippen LogP contribution in [0.15, 0.2) is 18.2 Å². The summed E-state index contributed by atoms with van der Waals surface area (Å²) in [6.07, 6.45) is 2.04. The molecule has 0 spiro atoms. The summed E-state index contributed by atoms with van der Waals surface area (Å²) in [6.45, 7) is 3.16. The average molecular weight is 296 g/mol. The summed E-state index contributed by atoms with van der Waals surface area (Å²) in [5.41, 5.74) is 1.14. The van der Waals surface area contributed by atoms with Crippen molar-refractivity contribution in [2.75, 3.05) is 13.1 Å². The molecular weight excluding hydrogens is 281 g/mol. The van der Waals surface area contributed by atoms with Gasteiger partial charge in [0.1, 0.15) is 0 Å². The number of likely N-dealkylation sites (tertiary alicyclic amines) is 1. The Morgan fingerprint density at radius 3 is 2.84 bits per heavy atom. The number of carbonyl (C=O) groups excluding carboxylic acids is 1. The van der Waals surface area contributed by atoms with E-state index in [0.717, 1.165) is 24.9 Å². The van der Waals surface area contributed by atoms with Gasteiger partial charge < -0.3 is 4.90 Å². The summed E-state index contributed by atoms with van der Waals surface area (Å²) in [7, 11) is 0. The molecule has 2 nitrogen and oxygen atoms in total. The Kier molecular flexibility index (Phi) is 4.74. The molecule has 4 heteroatoms. The number of halogens is 2. The fourth-order valence-corrected chi connectivity index (χ4v) is 2.69. The van der Waals surface area contributed by atoms with Crippen LogP contribution >= 0.6 is 23.2 Å². The highest BCUT2D eigenvalue weighted by Gasteiger charge is 2.24. The number of piperidine rings is 1. The second-order valence-corrected chi connectivity index (χ2v) is 5.45. The van der Waals surface area contributed by atoms with Crippen LogP contribution in [-0.2, 0) is 4.79 Å². The Hall–Kier alpha value is -1.17. The second kappa shape index (κ2) is 6.32. The lowest BCUT2D eigenvalue weighted by Crippen LogP contribution is -2.38. The van der Waals surface area contributed by atoms with Gasteiger partial charge >= 0.3 is 0 Å². The Labute approximate surface area is 123 Å². The quantitative estimate of drug-likeness (QED) is 0.723. The number of nitrogens with zero attached hydrogens (tertiary/aromatic N) is 1. The van der Waals surface area contributed by atoms with Crippen molar-refractivity contribution in [3.8, 4) is 11.8 Å². The van der Waals surface area contributed by atoms with Gasteiger partial charge in [-0.05, 0) is 43.4 Å². The number of rotatable bonds is 1. The fraction of sp³-hybridized carbons (Fsp3) is 0.400. The van der Waals surface area contributed by atoms with E-state index < -0.39 is 0 Å². The molecule has 100 valence electrons. The normalized spacial score (nSPS) is 18.7. The van der Waals surface area contributed by atoms with Crippen molar-refractivity contribution >= 4 is 29.1 Å². The van der Waals surface area contributed by atoms with Gasteiger partial charge in [0.25, 0.3) is 5.91 Å². The summed E-state index contributed by atoms with van der Waals surface area (Å²) in [6, 6.07) is 5.69. The first-order chi connectivity index (χ1) is 9.11. The maximum atomic E-state index is 11.8. The Balaban J connectivity index is 2.14. The number of hydrogen-bond donors (Lipinski definition) is 0. The summed E-state index contributed by atoms with van der Waals surface area (Å²) in [5, 5.41) is 1.13. The van der Waals surface area contributed by atoms with Gasteiger partial charge in [0, 0.05) is 19.0 Å². The van der Waals surface area contributed by atoms with Crippen molar-refractivity contribution in [3.63, 3.8) is 0 Å². The highest BCUT2D eigenvalue weighted by atomic mass is 35.5. The Morgan fingerprint density at radius 2 is 2.16 bits per heavy atom. The highest BCUT2D eigenvalue weighted by molar-refractivity contribution is 6.42. The number of carbonyl (C=O) groups is 1. The van der Waals surface area contributed by atoms with Crippen molar-refractivity contribution in [1.29, 1.82) is 0 Å². The third-order valence-electron chi connectivity index (χ3n) is 3.36. The molecule has 1 amide bonds. The molecule has 1 aromatic carbocycles. The van der Waals surface area contributed by atoms with E-state index >= 15 is 0 Å². The fourth-order valence-electron chi connectivity index (χ4n) is 2.39. The van der Waals surface area contributed by atoms with Gasteiger partial charge in [-0.25, -0.2) is 0 Å². The molecule has 0 saturated carbocycles. The third kappa shape index (κ3) is 3.43. The van der Waals surface area contributed by atoms with E-state index in [1.54, 1.807) is 6.92 Å². The molecule has 1 aliphatic heterocycles. The smallest absolute Gasteiger partial charge is 0.298 e. The van der Waals surface area contributed by atoms with E-state index in [9.17, 15) is 4.79 Å². The standard InChI is InChI=1S/C15H15Cl2NO/c1-2-4-15(19)18-8-3-5-12(10-18)11-6-7-13(16)14(17)9-11/h6-7,9,12H,3,5,8,10H2,1H3. The lowest BCUT2D eigenvalue weighted by atomic mass is 9.90. The summed E-state index contributed by atoms with van der Waals surface area (Å²) in [4.78, 5) is 13.6. The van der Waals surface area contributed by atoms with E-state index in [2.05, 4.69) is 11.8 Å². The van der Waals surface area contributed by atoms with Gasteiger partial charge in [-0.2, -0.15) is 0 Å². The van der Waals surface area contributed by atoms with Gasteiger partial charge in [0.2, 0.25) is 0 Å². The molecule has 1 saturated heterocycles. The van der Waals surface area contributed by atoms with Crippen LogP contribution in [0.4, 0.5) is 0 Å². The zero-order valence-electron chi connectivity index (χ0n) is 10.7. The van der Waals surface area contributed by atoms with E-state index in [-0.39, 0.29) is 5.91 Å². The SMILES string of the molecule is CC#CC(=O)N1CCCC(c2ccc(Cl)c(Cl)c2)C1. The van der Waals surface area contributed by atoms with Crippen molar-refractivity contribution in [3.05, 3.63) is 33.8 Å². The Bertz CT molecular complexity index is 545. The van der Waals surface area contributed by atoms with Crippen LogP contribution in [0.2, 0.25) is 10.0 Å². The maximum absolute atomic E-state index is 11.8. The van der Waals surface area contributed by atoms with Gasteiger partial charge in [-0.3, -0.25) is 4.79 Å². The predicted molar refractivity (Wildman–Crippen MR) is 78.5 cm³/mol. The summed E-state index contributed by atoms with van der Waals surface area (Å²) in [5.74, 6) is 5.47. The minimum Gasteiger partial charge on any atom is -0.331 e. The minimum absolute atomic E-state index is 0.0905. The molecule has 19 heavy (non-hydrogen) atoms. The van der Waals surface area contributed by atoms with Crippen LogP contribution in [-0.4, -0.2) is 23.9 Å². The molecule has 1 aliphatic rings. The largest absolute Gasteiger partial charge is 0.331 e. The van der Waals surface area contributed by atoms with Crippen molar-refractivity contribution < 1.29 is 4.79 Å². The van der Waals surface area contributed by atoms with E-state index in [0.29, 0.717) is 22.5 Å². The first kappa shape index (κ1) is 14.2. The van der Waals surface area contributed by atoms with Crippen LogP contribution in [0, 0.1) is 11.8 Å². The number of amides is 1. The summed E-state index contributed by atoms with van der Waals surface area (Å²) >= 11 is 12.0. The molecule has 1 fully saturated rings. The molecule has 0 bridgehead atoms. The molecule has 1 heterocycles. The average Bonchev–Trinajstić information content (AvgIpc) is 2.42. The lowest BCUT2D eigenvalue weighted by Gasteiger charge is -2.31. The molecule has 1 atom stereocenters. The van der Waals surface area contributed by atoms with Crippen LogP contribution in [0.3, 0.4) is 0 Å². The number of benzene rings is 1. The monoisotopic (exact) mass is 295 g/mol. The van der Waals surface area contributed by atoms with Gasteiger partial charge in [0.05, 0.1) is 10.0 Å². The second-order valence-electron chi connectivity index (χ2n) is 4.64. The van der Waals surface area contributed by atoms with Crippen molar-refractivity contribution in [1.82, 2.24) is 4.90 Å². The zero-order valence-corrected chi connectivity index (χ0v) is 12.3. The predicted octanol–water partition coefficient (Wildman–Crippen LogP) is 3.72. The summed E-state index contributed by atoms with van der Waals surface area (Å²) < 4.78 is 0. The zero-order chi connectivity index (χ0) is 13.8. The molecule has 1 aromatic rings. The number of hydrogen-bond acceptors (Lipinski definition) is 1. The first-order valence-corrected chi connectivity index (χ1v) is 7.04. The van der Waals surface area contributed by atoms with Crippen LogP contribution in [0.25, 0.3) is 0 Å². The van der Waals surface area contributed by atoms with Gasteiger partial charge in [-0.15, -0.1) is 0 Å². The topological polar surface area (TPSA) is 20.3 Å². The van der Waals surface area contributed by atoms with Crippen molar-refractivity contribution in [2.24, 2.45) is 0 Å². The van der Waals surface area contributed by atoms with Gasteiger partial charge in [0.15, 0.2) is 0 Å². The molecule has 2 rings (SSSR count). The van der Waals surface area contributed by atoms with E-state index in [1.807, 2.05) is 23.1 Å². The maximum Gasteiger partial charge on any atom is 0.298 e. The molecule has 0 aliphatic carbocycles. The molecule has 0 aromatic heterocycles. The molecule has 0 radical (unpaired) electrons. The van der Waals surface area contributed by atoms with E-state index in [1.165, 1.54) is 0 Å². The third-order valence-corrected chi connectivity index (χ3v) is 4.09. The highest BCUT2D eigenvalue weighted by Crippen LogP contribution is 2.31.